The summed E-state index contributed by atoms with van der Waals surface area (Å²) in [7, 11) is 0. The van der Waals surface area contributed by atoms with E-state index in [1.54, 1.807) is 0 Å². The standard InChI is InChI=1S/C10H6Cl2F2O3/c11-6-3-5(1-2-8(15)16)4-7(9(6)12)17-10(13)14/h1-4,10H,(H,15,16). The maximum atomic E-state index is 12.0. The van der Waals surface area contributed by atoms with Crippen molar-refractivity contribution < 1.29 is 23.4 Å². The fourth-order valence-corrected chi connectivity index (χ4v) is 1.40. The zero-order chi connectivity index (χ0) is 13.0. The van der Waals surface area contributed by atoms with Crippen LogP contribution in [0, 0.1) is 0 Å². The van der Waals surface area contributed by atoms with E-state index in [1.807, 2.05) is 0 Å². The van der Waals surface area contributed by atoms with Crippen molar-refractivity contribution in [3.8, 4) is 5.75 Å². The highest BCUT2D eigenvalue weighted by atomic mass is 35.5. The second-order valence-corrected chi connectivity index (χ2v) is 3.65. The molecule has 3 nitrogen and oxygen atoms in total. The number of ether oxygens (including phenoxy) is 1. The maximum absolute atomic E-state index is 12.0. The first-order valence-electron chi connectivity index (χ1n) is 4.25. The number of alkyl halides is 2. The molecule has 0 saturated carbocycles. The van der Waals surface area contributed by atoms with Crippen LogP contribution < -0.4 is 4.74 Å². The van der Waals surface area contributed by atoms with Gasteiger partial charge in [0, 0.05) is 6.08 Å². The van der Waals surface area contributed by atoms with Gasteiger partial charge in [-0.2, -0.15) is 8.78 Å². The summed E-state index contributed by atoms with van der Waals surface area (Å²) in [5, 5.41) is 8.26. The molecule has 0 amide bonds. The highest BCUT2D eigenvalue weighted by Crippen LogP contribution is 2.34. The Bertz CT molecular complexity index is 461. The molecule has 0 unspecified atom stereocenters. The van der Waals surface area contributed by atoms with Crippen molar-refractivity contribution in [3.05, 3.63) is 33.8 Å². The van der Waals surface area contributed by atoms with Crippen LogP contribution >= 0.6 is 23.2 Å². The molecule has 1 rings (SSSR count). The predicted molar refractivity (Wildman–Crippen MR) is 59.8 cm³/mol. The molecule has 17 heavy (non-hydrogen) atoms. The van der Waals surface area contributed by atoms with Crippen molar-refractivity contribution in [1.29, 1.82) is 0 Å². The van der Waals surface area contributed by atoms with Crippen molar-refractivity contribution in [1.82, 2.24) is 0 Å². The Morgan fingerprint density at radius 3 is 2.59 bits per heavy atom. The summed E-state index contributed by atoms with van der Waals surface area (Å²) >= 11 is 11.3. The highest BCUT2D eigenvalue weighted by Gasteiger charge is 2.12. The summed E-state index contributed by atoms with van der Waals surface area (Å²) in [5.74, 6) is -1.48. The summed E-state index contributed by atoms with van der Waals surface area (Å²) in [5.41, 5.74) is 0.289. The van der Waals surface area contributed by atoms with E-state index in [1.165, 1.54) is 18.2 Å². The number of aliphatic carboxylic acids is 1. The van der Waals surface area contributed by atoms with Gasteiger partial charge in [0.15, 0.2) is 0 Å². The lowest BCUT2D eigenvalue weighted by atomic mass is 10.2. The SMILES string of the molecule is O=C(O)C=Cc1cc(Cl)c(Cl)c(OC(F)F)c1. The average Bonchev–Trinajstić information content (AvgIpc) is 2.21. The monoisotopic (exact) mass is 282 g/mol. The smallest absolute Gasteiger partial charge is 0.387 e. The van der Waals surface area contributed by atoms with Crippen LogP contribution in [0.15, 0.2) is 18.2 Å². The van der Waals surface area contributed by atoms with Crippen molar-refractivity contribution in [3.63, 3.8) is 0 Å². The number of hydrogen-bond donors (Lipinski definition) is 1. The van der Waals surface area contributed by atoms with Gasteiger partial charge in [0.25, 0.3) is 0 Å². The molecule has 0 fully saturated rings. The van der Waals surface area contributed by atoms with E-state index in [4.69, 9.17) is 28.3 Å². The van der Waals surface area contributed by atoms with Gasteiger partial charge in [-0.3, -0.25) is 0 Å². The zero-order valence-electron chi connectivity index (χ0n) is 8.16. The van der Waals surface area contributed by atoms with E-state index < -0.39 is 12.6 Å². The second kappa shape index (κ2) is 5.84. The first-order valence-corrected chi connectivity index (χ1v) is 5.00. The number of carboxylic acid groups (broad SMARTS) is 1. The fraction of sp³-hybridized carbons (Fsp3) is 0.100. The van der Waals surface area contributed by atoms with Crippen molar-refractivity contribution in [2.45, 2.75) is 6.61 Å². The highest BCUT2D eigenvalue weighted by molar-refractivity contribution is 6.43. The van der Waals surface area contributed by atoms with Crippen molar-refractivity contribution in [2.24, 2.45) is 0 Å². The lowest BCUT2D eigenvalue weighted by Gasteiger charge is -2.08. The Morgan fingerprint density at radius 1 is 1.41 bits per heavy atom. The molecule has 1 N–H and O–H groups in total. The molecule has 92 valence electrons. The largest absolute Gasteiger partial charge is 0.478 e. The molecule has 0 bridgehead atoms. The predicted octanol–water partition coefficient (Wildman–Crippen LogP) is 3.69. The lowest BCUT2D eigenvalue weighted by Crippen LogP contribution is -2.02. The van der Waals surface area contributed by atoms with Crippen LogP contribution in [0.5, 0.6) is 5.75 Å². The summed E-state index contributed by atoms with van der Waals surface area (Å²) in [6.07, 6.45) is 2.02. The zero-order valence-corrected chi connectivity index (χ0v) is 9.67. The Labute approximate surface area is 105 Å². The van der Waals surface area contributed by atoms with Gasteiger partial charge in [-0.15, -0.1) is 0 Å². The molecule has 0 atom stereocenters. The molecule has 0 saturated heterocycles. The number of hydrogen-bond acceptors (Lipinski definition) is 2. The number of carbonyl (C=O) groups is 1. The minimum Gasteiger partial charge on any atom is -0.478 e. The van der Waals surface area contributed by atoms with Gasteiger partial charge in [-0.25, -0.2) is 4.79 Å². The molecule has 1 aromatic carbocycles. The molecule has 0 aliphatic carbocycles. The van der Waals surface area contributed by atoms with Crippen LogP contribution in [0.3, 0.4) is 0 Å². The third-order valence-electron chi connectivity index (χ3n) is 1.65. The molecule has 0 aromatic heterocycles. The Morgan fingerprint density at radius 2 is 2.06 bits per heavy atom. The average molecular weight is 283 g/mol. The number of halogens is 4. The molecular weight excluding hydrogens is 277 g/mol. The quantitative estimate of drug-likeness (QED) is 0.857. The van der Waals surface area contributed by atoms with Crippen LogP contribution in [-0.4, -0.2) is 17.7 Å². The molecule has 1 aromatic rings. The van der Waals surface area contributed by atoms with Gasteiger partial charge in [-0.1, -0.05) is 23.2 Å². The van der Waals surface area contributed by atoms with Gasteiger partial charge >= 0.3 is 12.6 Å². The fourth-order valence-electron chi connectivity index (χ4n) is 1.03. The maximum Gasteiger partial charge on any atom is 0.387 e. The van der Waals surface area contributed by atoms with Crippen molar-refractivity contribution in [2.75, 3.05) is 0 Å². The Hall–Kier alpha value is -1.33. The van der Waals surface area contributed by atoms with Gasteiger partial charge in [0.2, 0.25) is 0 Å². The summed E-state index contributed by atoms with van der Waals surface area (Å²) in [4.78, 5) is 10.3. The van der Waals surface area contributed by atoms with E-state index in [2.05, 4.69) is 4.74 Å². The first-order chi connectivity index (χ1) is 7.90. The van der Waals surface area contributed by atoms with Crippen LogP contribution in [-0.2, 0) is 4.79 Å². The minimum atomic E-state index is -3.04. The topological polar surface area (TPSA) is 46.5 Å². The van der Waals surface area contributed by atoms with Gasteiger partial charge in [-0.05, 0) is 23.8 Å². The molecule has 0 aliphatic heterocycles. The molecule has 0 heterocycles. The van der Waals surface area contributed by atoms with Crippen LogP contribution in [0.2, 0.25) is 10.0 Å². The number of carboxylic acids is 1. The normalized spacial score (nSPS) is 11.1. The third kappa shape index (κ3) is 4.20. The summed E-state index contributed by atoms with van der Waals surface area (Å²) in [6, 6.07) is 2.50. The number of benzene rings is 1. The van der Waals surface area contributed by atoms with E-state index in [-0.39, 0.29) is 21.4 Å². The summed E-state index contributed by atoms with van der Waals surface area (Å²) < 4.78 is 28.2. The van der Waals surface area contributed by atoms with Crippen molar-refractivity contribution >= 4 is 35.2 Å². The Kier molecular flexibility index (Phi) is 4.72. The molecule has 0 aliphatic rings. The van der Waals surface area contributed by atoms with E-state index in [9.17, 15) is 13.6 Å². The van der Waals surface area contributed by atoms with Crippen LogP contribution in [0.25, 0.3) is 6.08 Å². The summed E-state index contributed by atoms with van der Waals surface area (Å²) in [6.45, 7) is -3.04. The minimum absolute atomic E-state index is 0.00476. The van der Waals surface area contributed by atoms with E-state index >= 15 is 0 Å². The molecule has 0 radical (unpaired) electrons. The molecule has 7 heteroatoms. The van der Waals surface area contributed by atoms with Gasteiger partial charge < -0.3 is 9.84 Å². The number of rotatable bonds is 4. The Balaban J connectivity index is 3.09. The first kappa shape index (κ1) is 13.7. The second-order valence-electron chi connectivity index (χ2n) is 2.86. The lowest BCUT2D eigenvalue weighted by molar-refractivity contribution is -0.131. The van der Waals surface area contributed by atoms with Crippen LogP contribution in [0.4, 0.5) is 8.78 Å². The van der Waals surface area contributed by atoms with Crippen LogP contribution in [0.1, 0.15) is 5.56 Å². The van der Waals surface area contributed by atoms with Gasteiger partial charge in [0.1, 0.15) is 10.8 Å². The molecule has 0 spiro atoms. The van der Waals surface area contributed by atoms with E-state index in [0.717, 1.165) is 6.08 Å². The molecular formula is C10H6Cl2F2O3. The van der Waals surface area contributed by atoms with Gasteiger partial charge in [0.05, 0.1) is 5.02 Å². The van der Waals surface area contributed by atoms with E-state index in [0.29, 0.717) is 0 Å². The third-order valence-corrected chi connectivity index (χ3v) is 2.44.